The minimum atomic E-state index is -4.48. The van der Waals surface area contributed by atoms with Gasteiger partial charge in [-0.2, -0.15) is 18.3 Å². The van der Waals surface area contributed by atoms with Crippen LogP contribution < -0.4 is 10.6 Å². The maximum absolute atomic E-state index is 13.0. The third kappa shape index (κ3) is 6.26. The van der Waals surface area contributed by atoms with Gasteiger partial charge >= 0.3 is 12.2 Å². The first kappa shape index (κ1) is 20.7. The molecule has 27 heavy (non-hydrogen) atoms. The summed E-state index contributed by atoms with van der Waals surface area (Å²) >= 11 is 0. The van der Waals surface area contributed by atoms with Gasteiger partial charge in [-0.25, -0.2) is 9.78 Å². The third-order valence-electron chi connectivity index (χ3n) is 4.13. The number of rotatable bonds is 8. The molecule has 2 rings (SSSR count). The molecule has 2 aromatic rings. The largest absolute Gasteiger partial charge is 0.416 e. The molecule has 148 valence electrons. The summed E-state index contributed by atoms with van der Waals surface area (Å²) in [6.07, 6.45) is 0.823. The van der Waals surface area contributed by atoms with Crippen LogP contribution in [-0.2, 0) is 6.18 Å². The van der Waals surface area contributed by atoms with E-state index in [4.69, 9.17) is 0 Å². The minimum absolute atomic E-state index is 0.0501. The van der Waals surface area contributed by atoms with Crippen LogP contribution in [0.4, 0.5) is 18.0 Å². The predicted molar refractivity (Wildman–Crippen MR) is 94.9 cm³/mol. The fourth-order valence-corrected chi connectivity index (χ4v) is 2.72. The highest BCUT2D eigenvalue weighted by molar-refractivity contribution is 5.75. The van der Waals surface area contributed by atoms with E-state index in [-0.39, 0.29) is 17.4 Å². The normalized spacial score (nSPS) is 13.8. The molecule has 1 heterocycles. The second-order valence-electron chi connectivity index (χ2n) is 6.43. The Morgan fingerprint density at radius 2 is 2.04 bits per heavy atom. The predicted octanol–water partition coefficient (Wildman–Crippen LogP) is 4.18. The number of carbonyl (C=O) groups excluding carboxylic acids is 1. The Hall–Kier alpha value is -2.58. The average Bonchev–Trinajstić information content (AvgIpc) is 3.13. The monoisotopic (exact) mass is 383 g/mol. The highest BCUT2D eigenvalue weighted by Gasteiger charge is 2.32. The van der Waals surface area contributed by atoms with Gasteiger partial charge < -0.3 is 10.6 Å². The van der Waals surface area contributed by atoms with E-state index in [2.05, 4.69) is 32.7 Å². The number of aromatic nitrogens is 3. The minimum Gasteiger partial charge on any atom is -0.336 e. The Bertz CT molecular complexity index is 718. The molecule has 6 nitrogen and oxygen atoms in total. The molecule has 2 amide bonds. The molecule has 0 radical (unpaired) electrons. The van der Waals surface area contributed by atoms with E-state index in [1.54, 1.807) is 0 Å². The first-order valence-corrected chi connectivity index (χ1v) is 8.91. The molecule has 1 aromatic carbocycles. The van der Waals surface area contributed by atoms with E-state index in [0.29, 0.717) is 0 Å². The Morgan fingerprint density at radius 3 is 2.67 bits per heavy atom. The smallest absolute Gasteiger partial charge is 0.336 e. The molecule has 1 aromatic heterocycles. The number of amides is 2. The van der Waals surface area contributed by atoms with E-state index >= 15 is 0 Å². The standard InChI is InChI=1S/C18H24F3N5O/c1-3-4-5-7-12(2)24-17(27)25-15(16-22-11-23-26-16)13-8-6-9-14(10-13)18(19,20)21/h6,8-12,15H,3-5,7H2,1-2H3,(H,22,23,26)(H2,24,25,27)/t12?,15-/m1/s1. The molecular weight excluding hydrogens is 359 g/mol. The van der Waals surface area contributed by atoms with Crippen LogP contribution in [-0.4, -0.2) is 27.3 Å². The number of hydrogen-bond acceptors (Lipinski definition) is 3. The van der Waals surface area contributed by atoms with E-state index in [1.807, 2.05) is 6.92 Å². The maximum Gasteiger partial charge on any atom is 0.416 e. The number of urea groups is 1. The number of halogens is 3. The van der Waals surface area contributed by atoms with Gasteiger partial charge in [-0.3, -0.25) is 5.10 Å². The van der Waals surface area contributed by atoms with Gasteiger partial charge in [0, 0.05) is 6.04 Å². The number of benzene rings is 1. The average molecular weight is 383 g/mol. The van der Waals surface area contributed by atoms with Crippen LogP contribution in [0.25, 0.3) is 0 Å². The van der Waals surface area contributed by atoms with Gasteiger partial charge in [-0.05, 0) is 31.0 Å². The Kier molecular flexibility index (Phi) is 7.20. The van der Waals surface area contributed by atoms with Gasteiger partial charge in [0.25, 0.3) is 0 Å². The zero-order valence-electron chi connectivity index (χ0n) is 15.3. The summed E-state index contributed by atoms with van der Waals surface area (Å²) in [7, 11) is 0. The van der Waals surface area contributed by atoms with Crippen molar-refractivity contribution in [2.75, 3.05) is 0 Å². The van der Waals surface area contributed by atoms with Crippen LogP contribution in [0, 0.1) is 0 Å². The molecule has 0 saturated carbocycles. The number of H-pyrrole nitrogens is 1. The summed E-state index contributed by atoms with van der Waals surface area (Å²) in [6.45, 7) is 3.99. The van der Waals surface area contributed by atoms with Gasteiger partial charge in [0.2, 0.25) is 0 Å². The Morgan fingerprint density at radius 1 is 1.26 bits per heavy atom. The van der Waals surface area contributed by atoms with Crippen molar-refractivity contribution >= 4 is 6.03 Å². The molecule has 0 spiro atoms. The fourth-order valence-electron chi connectivity index (χ4n) is 2.72. The fraction of sp³-hybridized carbons (Fsp3) is 0.500. The molecule has 0 aliphatic heterocycles. The quantitative estimate of drug-likeness (QED) is 0.598. The van der Waals surface area contributed by atoms with Crippen LogP contribution >= 0.6 is 0 Å². The van der Waals surface area contributed by atoms with Crippen molar-refractivity contribution in [2.45, 2.75) is 57.8 Å². The van der Waals surface area contributed by atoms with Crippen molar-refractivity contribution in [3.05, 3.63) is 47.5 Å². The number of alkyl halides is 3. The zero-order chi connectivity index (χ0) is 19.9. The topological polar surface area (TPSA) is 82.7 Å². The number of nitrogens with zero attached hydrogens (tertiary/aromatic N) is 2. The number of carbonyl (C=O) groups is 1. The Labute approximate surface area is 156 Å². The summed E-state index contributed by atoms with van der Waals surface area (Å²) in [5.41, 5.74) is -0.547. The molecule has 0 fully saturated rings. The van der Waals surface area contributed by atoms with Crippen molar-refractivity contribution in [1.82, 2.24) is 25.8 Å². The molecule has 0 saturated heterocycles. The van der Waals surface area contributed by atoms with Gasteiger partial charge in [0.05, 0.1) is 5.56 Å². The van der Waals surface area contributed by atoms with Gasteiger partial charge in [0.1, 0.15) is 12.4 Å². The summed E-state index contributed by atoms with van der Waals surface area (Å²) in [5, 5.41) is 11.9. The van der Waals surface area contributed by atoms with Crippen LogP contribution in [0.1, 0.15) is 62.5 Å². The third-order valence-corrected chi connectivity index (χ3v) is 4.13. The van der Waals surface area contributed by atoms with Gasteiger partial charge in [-0.15, -0.1) is 0 Å². The molecule has 0 bridgehead atoms. The lowest BCUT2D eigenvalue weighted by molar-refractivity contribution is -0.137. The SMILES string of the molecule is CCCCCC(C)NC(=O)N[C@H](c1cccc(C(F)(F)F)c1)c1nc[nH]n1. The number of unbranched alkanes of at least 4 members (excludes halogenated alkanes) is 2. The van der Waals surface area contributed by atoms with Crippen LogP contribution in [0.5, 0.6) is 0 Å². The van der Waals surface area contributed by atoms with Crippen LogP contribution in [0.2, 0.25) is 0 Å². The molecule has 2 atom stereocenters. The molecule has 9 heteroatoms. The number of hydrogen-bond donors (Lipinski definition) is 3. The maximum atomic E-state index is 13.0. The molecule has 0 aliphatic carbocycles. The first-order valence-electron chi connectivity index (χ1n) is 8.91. The lowest BCUT2D eigenvalue weighted by Gasteiger charge is -2.20. The van der Waals surface area contributed by atoms with Crippen LogP contribution in [0.15, 0.2) is 30.6 Å². The van der Waals surface area contributed by atoms with Gasteiger partial charge in [0.15, 0.2) is 5.82 Å². The molecular formula is C18H24F3N5O. The van der Waals surface area contributed by atoms with E-state index in [0.717, 1.165) is 37.8 Å². The second kappa shape index (κ2) is 9.38. The lowest BCUT2D eigenvalue weighted by Crippen LogP contribution is -2.43. The summed E-state index contributed by atoms with van der Waals surface area (Å²) < 4.78 is 39.1. The number of nitrogens with one attached hydrogen (secondary N) is 3. The summed E-state index contributed by atoms with van der Waals surface area (Å²) in [6, 6.07) is 3.34. The van der Waals surface area contributed by atoms with Gasteiger partial charge in [-0.1, -0.05) is 38.3 Å². The number of aromatic amines is 1. The van der Waals surface area contributed by atoms with E-state index in [9.17, 15) is 18.0 Å². The van der Waals surface area contributed by atoms with Crippen molar-refractivity contribution < 1.29 is 18.0 Å². The van der Waals surface area contributed by atoms with Crippen molar-refractivity contribution in [3.8, 4) is 0 Å². The van der Waals surface area contributed by atoms with E-state index in [1.165, 1.54) is 18.5 Å². The first-order chi connectivity index (χ1) is 12.8. The molecule has 1 unspecified atom stereocenters. The lowest BCUT2D eigenvalue weighted by atomic mass is 10.0. The van der Waals surface area contributed by atoms with Crippen molar-refractivity contribution in [2.24, 2.45) is 0 Å². The molecule has 0 aliphatic rings. The van der Waals surface area contributed by atoms with Crippen molar-refractivity contribution in [1.29, 1.82) is 0 Å². The second-order valence-corrected chi connectivity index (χ2v) is 6.43. The highest BCUT2D eigenvalue weighted by atomic mass is 19.4. The van der Waals surface area contributed by atoms with Crippen LogP contribution in [0.3, 0.4) is 0 Å². The zero-order valence-corrected chi connectivity index (χ0v) is 15.3. The molecule has 3 N–H and O–H groups in total. The summed E-state index contributed by atoms with van der Waals surface area (Å²) in [4.78, 5) is 16.3. The van der Waals surface area contributed by atoms with Crippen molar-refractivity contribution in [3.63, 3.8) is 0 Å². The Balaban J connectivity index is 2.13. The summed E-state index contributed by atoms with van der Waals surface area (Å²) in [5.74, 6) is 0.183. The highest BCUT2D eigenvalue weighted by Crippen LogP contribution is 2.31. The van der Waals surface area contributed by atoms with E-state index < -0.39 is 23.8 Å².